The normalized spacial score (nSPS) is 21.6. The van der Waals surface area contributed by atoms with E-state index in [1.165, 1.54) is 0 Å². The van der Waals surface area contributed by atoms with Gasteiger partial charge in [-0.05, 0) is 36.5 Å². The summed E-state index contributed by atoms with van der Waals surface area (Å²) < 4.78 is 0. The van der Waals surface area contributed by atoms with Crippen molar-refractivity contribution in [1.82, 2.24) is 0 Å². The molecule has 1 fully saturated rings. The molecule has 1 aliphatic heterocycles. The van der Waals surface area contributed by atoms with E-state index >= 15 is 0 Å². The van der Waals surface area contributed by atoms with Gasteiger partial charge >= 0.3 is 0 Å². The predicted octanol–water partition coefficient (Wildman–Crippen LogP) is 2.26. The Bertz CT molecular complexity index is 569. The number of nitriles is 1. The monoisotopic (exact) mass is 255 g/mol. The topological polar surface area (TPSA) is 78.9 Å². The number of anilines is 1. The lowest BCUT2D eigenvalue weighted by molar-refractivity contribution is -0.116. The molecule has 0 bridgehead atoms. The van der Waals surface area contributed by atoms with Crippen LogP contribution in [-0.2, 0) is 11.2 Å². The van der Waals surface area contributed by atoms with Crippen molar-refractivity contribution in [3.05, 3.63) is 29.3 Å². The summed E-state index contributed by atoms with van der Waals surface area (Å²) in [5.41, 5.74) is 8.93. The zero-order chi connectivity index (χ0) is 13.5. The van der Waals surface area contributed by atoms with E-state index in [-0.39, 0.29) is 17.4 Å². The maximum Gasteiger partial charge on any atom is 0.224 e. The third-order valence-corrected chi connectivity index (χ3v) is 4.45. The summed E-state index contributed by atoms with van der Waals surface area (Å²) in [4.78, 5) is 11.3. The largest absolute Gasteiger partial charge is 0.326 e. The molecular formula is C15H17N3O. The van der Waals surface area contributed by atoms with Gasteiger partial charge in [0.2, 0.25) is 5.91 Å². The van der Waals surface area contributed by atoms with Gasteiger partial charge in [-0.1, -0.05) is 18.6 Å². The van der Waals surface area contributed by atoms with Crippen molar-refractivity contribution in [3.8, 4) is 6.07 Å². The third-order valence-electron chi connectivity index (χ3n) is 4.45. The van der Waals surface area contributed by atoms with Gasteiger partial charge in [0.05, 0.1) is 11.5 Å². The van der Waals surface area contributed by atoms with Crippen molar-refractivity contribution < 1.29 is 4.79 Å². The van der Waals surface area contributed by atoms with Crippen LogP contribution < -0.4 is 11.1 Å². The number of rotatable bonds is 2. The van der Waals surface area contributed by atoms with Crippen molar-refractivity contribution in [1.29, 1.82) is 5.26 Å². The minimum Gasteiger partial charge on any atom is -0.326 e. The molecule has 1 aliphatic carbocycles. The molecule has 3 rings (SSSR count). The van der Waals surface area contributed by atoms with Gasteiger partial charge in [0.25, 0.3) is 0 Å². The number of carbonyl (C=O) groups is 1. The number of hydrogen-bond acceptors (Lipinski definition) is 3. The Morgan fingerprint density at radius 1 is 1.37 bits per heavy atom. The fourth-order valence-electron chi connectivity index (χ4n) is 2.97. The number of carbonyl (C=O) groups excluding carboxylic acids is 1. The van der Waals surface area contributed by atoms with Crippen molar-refractivity contribution in [2.24, 2.45) is 11.1 Å². The maximum atomic E-state index is 11.3. The van der Waals surface area contributed by atoms with E-state index in [4.69, 9.17) is 5.73 Å². The molecule has 1 saturated carbocycles. The van der Waals surface area contributed by atoms with Crippen LogP contribution in [0, 0.1) is 16.7 Å². The minimum atomic E-state index is -0.383. The van der Waals surface area contributed by atoms with Gasteiger partial charge in [-0.15, -0.1) is 0 Å². The lowest BCUT2D eigenvalue weighted by Gasteiger charge is -2.40. The second-order valence-electron chi connectivity index (χ2n) is 5.56. The van der Waals surface area contributed by atoms with E-state index < -0.39 is 0 Å². The molecule has 4 heteroatoms. The first kappa shape index (κ1) is 12.2. The predicted molar refractivity (Wildman–Crippen MR) is 72.2 cm³/mol. The highest BCUT2D eigenvalue weighted by molar-refractivity contribution is 5.93. The number of nitrogens with one attached hydrogen (secondary N) is 1. The van der Waals surface area contributed by atoms with Gasteiger partial charge in [0.1, 0.15) is 0 Å². The van der Waals surface area contributed by atoms with Crippen LogP contribution in [0.15, 0.2) is 18.2 Å². The fourth-order valence-corrected chi connectivity index (χ4v) is 2.97. The molecule has 19 heavy (non-hydrogen) atoms. The number of nitrogens with zero attached hydrogens (tertiary/aromatic N) is 1. The van der Waals surface area contributed by atoms with Crippen molar-refractivity contribution >= 4 is 11.6 Å². The molecule has 3 N–H and O–H groups in total. The van der Waals surface area contributed by atoms with Crippen molar-refractivity contribution in [3.63, 3.8) is 0 Å². The van der Waals surface area contributed by atoms with E-state index in [1.807, 2.05) is 12.1 Å². The molecule has 0 saturated heterocycles. The van der Waals surface area contributed by atoms with E-state index in [2.05, 4.69) is 17.5 Å². The first-order chi connectivity index (χ1) is 9.14. The van der Waals surface area contributed by atoms with Crippen LogP contribution in [0.1, 0.15) is 42.9 Å². The van der Waals surface area contributed by atoms with Crippen molar-refractivity contribution in [2.75, 3.05) is 5.32 Å². The molecule has 1 heterocycles. The Hall–Kier alpha value is -1.86. The molecule has 1 amide bonds. The Kier molecular flexibility index (Phi) is 2.79. The summed E-state index contributed by atoms with van der Waals surface area (Å²) in [7, 11) is 0. The number of aryl methyl sites for hydroxylation is 1. The van der Waals surface area contributed by atoms with Gasteiger partial charge in [-0.3, -0.25) is 4.79 Å². The quantitative estimate of drug-likeness (QED) is 0.850. The van der Waals surface area contributed by atoms with Crippen LogP contribution in [0.25, 0.3) is 0 Å². The Balaban J connectivity index is 1.90. The van der Waals surface area contributed by atoms with Crippen LogP contribution >= 0.6 is 0 Å². The SMILES string of the molecule is N#CC1(C(N)c2ccc3c(c2)CCC(=O)N3)CCC1. The van der Waals surface area contributed by atoms with Gasteiger partial charge < -0.3 is 11.1 Å². The molecule has 0 spiro atoms. The number of amides is 1. The van der Waals surface area contributed by atoms with E-state index in [1.54, 1.807) is 0 Å². The van der Waals surface area contributed by atoms with Crippen LogP contribution in [0.3, 0.4) is 0 Å². The first-order valence-electron chi connectivity index (χ1n) is 6.74. The molecule has 98 valence electrons. The summed E-state index contributed by atoms with van der Waals surface area (Å²) in [6.07, 6.45) is 4.13. The van der Waals surface area contributed by atoms with E-state index in [9.17, 15) is 10.1 Å². The molecule has 2 aliphatic rings. The zero-order valence-electron chi connectivity index (χ0n) is 10.8. The number of hydrogen-bond donors (Lipinski definition) is 2. The lowest BCUT2D eigenvalue weighted by atomic mass is 9.63. The number of fused-ring (bicyclic) bond motifs is 1. The molecule has 1 atom stereocenters. The summed E-state index contributed by atoms with van der Waals surface area (Å²) in [5, 5.41) is 12.2. The highest BCUT2D eigenvalue weighted by Crippen LogP contribution is 2.48. The highest BCUT2D eigenvalue weighted by Gasteiger charge is 2.43. The first-order valence-corrected chi connectivity index (χ1v) is 6.74. The van der Waals surface area contributed by atoms with Gasteiger partial charge in [-0.25, -0.2) is 0 Å². The zero-order valence-corrected chi connectivity index (χ0v) is 10.8. The molecule has 0 radical (unpaired) electrons. The van der Waals surface area contributed by atoms with E-state index in [0.29, 0.717) is 6.42 Å². The Morgan fingerprint density at radius 2 is 2.16 bits per heavy atom. The smallest absolute Gasteiger partial charge is 0.224 e. The summed E-state index contributed by atoms with van der Waals surface area (Å²) in [5.74, 6) is 0.0667. The van der Waals surface area contributed by atoms with Crippen LogP contribution in [-0.4, -0.2) is 5.91 Å². The third kappa shape index (κ3) is 1.91. The number of nitrogens with two attached hydrogens (primary N) is 1. The van der Waals surface area contributed by atoms with Crippen LogP contribution in [0.5, 0.6) is 0 Å². The fraction of sp³-hybridized carbons (Fsp3) is 0.467. The van der Waals surface area contributed by atoms with Gasteiger partial charge in [-0.2, -0.15) is 5.26 Å². The molecule has 1 unspecified atom stereocenters. The van der Waals surface area contributed by atoms with Gasteiger partial charge in [0, 0.05) is 18.2 Å². The Morgan fingerprint density at radius 3 is 2.79 bits per heavy atom. The molecule has 4 nitrogen and oxygen atoms in total. The standard InChI is InChI=1S/C15H17N3O/c16-9-15(6-1-7-15)14(17)11-2-4-12-10(8-11)3-5-13(19)18-12/h2,4,8,14H,1,3,5-7,17H2,(H,18,19). The average Bonchev–Trinajstić information content (AvgIpc) is 2.37. The number of benzene rings is 1. The van der Waals surface area contributed by atoms with Crippen LogP contribution in [0.2, 0.25) is 0 Å². The Labute approximate surface area is 112 Å². The van der Waals surface area contributed by atoms with Crippen molar-refractivity contribution in [2.45, 2.75) is 38.1 Å². The second kappa shape index (κ2) is 4.36. The molecule has 1 aromatic carbocycles. The highest BCUT2D eigenvalue weighted by atomic mass is 16.1. The summed E-state index contributed by atoms with van der Waals surface area (Å²) >= 11 is 0. The summed E-state index contributed by atoms with van der Waals surface area (Å²) in [6, 6.07) is 8.08. The van der Waals surface area contributed by atoms with E-state index in [0.717, 1.165) is 42.5 Å². The van der Waals surface area contributed by atoms with Gasteiger partial charge in [0.15, 0.2) is 0 Å². The molecular weight excluding hydrogens is 238 g/mol. The molecule has 1 aromatic rings. The molecule has 0 aromatic heterocycles. The minimum absolute atomic E-state index is 0.0667. The average molecular weight is 255 g/mol. The summed E-state index contributed by atoms with van der Waals surface area (Å²) in [6.45, 7) is 0. The van der Waals surface area contributed by atoms with Crippen LogP contribution in [0.4, 0.5) is 5.69 Å². The second-order valence-corrected chi connectivity index (χ2v) is 5.56. The maximum absolute atomic E-state index is 11.3. The lowest BCUT2D eigenvalue weighted by Crippen LogP contribution is -2.39.